The summed E-state index contributed by atoms with van der Waals surface area (Å²) in [5.74, 6) is 0.553. The average Bonchev–Trinajstić information content (AvgIpc) is 2.48. The smallest absolute Gasteiger partial charge is 0.0325 e. The van der Waals surface area contributed by atoms with Crippen LogP contribution in [0.25, 0.3) is 0 Å². The minimum atomic E-state index is 0.506. The first kappa shape index (κ1) is 13.4. The number of hydrogen-bond acceptors (Lipinski definition) is 1. The molecule has 0 heterocycles. The van der Waals surface area contributed by atoms with Gasteiger partial charge in [-0.1, -0.05) is 68.4 Å². The molecule has 2 aromatic carbocycles. The summed E-state index contributed by atoms with van der Waals surface area (Å²) >= 11 is 0. The second kappa shape index (κ2) is 5.80. The van der Waals surface area contributed by atoms with E-state index in [0.717, 1.165) is 0 Å². The van der Waals surface area contributed by atoms with E-state index in [4.69, 9.17) is 0 Å². The van der Waals surface area contributed by atoms with E-state index < -0.39 is 0 Å². The van der Waals surface area contributed by atoms with Gasteiger partial charge < -0.3 is 5.32 Å². The summed E-state index contributed by atoms with van der Waals surface area (Å²) in [5.41, 5.74) is 4.44. The summed E-state index contributed by atoms with van der Waals surface area (Å²) in [5, 5.41) is 3.71. The average molecular weight is 265 g/mol. The molecule has 0 bridgehead atoms. The molecule has 0 saturated carbocycles. The Hall–Kier alpha value is -1.60. The highest BCUT2D eigenvalue weighted by molar-refractivity contribution is 5.41. The predicted octanol–water partition coefficient (Wildman–Crippen LogP) is 4.65. The first-order chi connectivity index (χ1) is 9.75. The van der Waals surface area contributed by atoms with Crippen LogP contribution in [0, 0.1) is 0 Å². The highest BCUT2D eigenvalue weighted by atomic mass is 14.9. The third-order valence-corrected chi connectivity index (χ3v) is 4.23. The molecule has 1 aliphatic rings. The summed E-state index contributed by atoms with van der Waals surface area (Å²) in [6, 6.07) is 20.9. The normalized spacial score (nSPS) is 21.8. The van der Waals surface area contributed by atoms with E-state index >= 15 is 0 Å². The summed E-state index contributed by atoms with van der Waals surface area (Å²) in [7, 11) is 0. The van der Waals surface area contributed by atoms with E-state index in [-0.39, 0.29) is 0 Å². The monoisotopic (exact) mass is 265 g/mol. The lowest BCUT2D eigenvalue weighted by atomic mass is 9.76. The molecule has 104 valence electrons. The van der Waals surface area contributed by atoms with Crippen molar-refractivity contribution >= 4 is 0 Å². The third kappa shape index (κ3) is 2.64. The van der Waals surface area contributed by atoms with E-state index in [0.29, 0.717) is 18.0 Å². The number of hydrogen-bond donors (Lipinski definition) is 1. The SMILES string of the molecule is CC(C)N[C@H]1CC[C@@H](c2ccccc2)c2ccccc21. The zero-order valence-corrected chi connectivity index (χ0v) is 12.3. The maximum atomic E-state index is 3.71. The molecule has 3 rings (SSSR count). The van der Waals surface area contributed by atoms with Crippen molar-refractivity contribution in [2.24, 2.45) is 0 Å². The lowest BCUT2D eigenvalue weighted by Crippen LogP contribution is -2.31. The first-order valence-electron chi connectivity index (χ1n) is 7.65. The quantitative estimate of drug-likeness (QED) is 0.851. The molecule has 1 nitrogen and oxygen atoms in total. The van der Waals surface area contributed by atoms with Gasteiger partial charge in [0, 0.05) is 18.0 Å². The molecule has 0 aliphatic heterocycles. The Bertz CT molecular complexity index is 559. The van der Waals surface area contributed by atoms with Crippen LogP contribution in [0.1, 0.15) is 55.3 Å². The fourth-order valence-corrected chi connectivity index (χ4v) is 3.40. The van der Waals surface area contributed by atoms with Crippen LogP contribution in [-0.2, 0) is 0 Å². The Labute approximate surface area is 122 Å². The molecule has 2 aromatic rings. The van der Waals surface area contributed by atoms with Gasteiger partial charge in [-0.15, -0.1) is 0 Å². The van der Waals surface area contributed by atoms with E-state index in [1.54, 1.807) is 0 Å². The highest BCUT2D eigenvalue weighted by Crippen LogP contribution is 2.41. The lowest BCUT2D eigenvalue weighted by molar-refractivity contribution is 0.409. The Balaban J connectivity index is 1.97. The molecule has 0 unspecified atom stereocenters. The van der Waals surface area contributed by atoms with E-state index in [2.05, 4.69) is 73.8 Å². The Morgan fingerprint density at radius 3 is 2.20 bits per heavy atom. The van der Waals surface area contributed by atoms with Gasteiger partial charge in [-0.05, 0) is 29.5 Å². The number of benzene rings is 2. The Morgan fingerprint density at radius 1 is 0.850 bits per heavy atom. The predicted molar refractivity (Wildman–Crippen MR) is 85.0 cm³/mol. The molecule has 0 spiro atoms. The van der Waals surface area contributed by atoms with Crippen molar-refractivity contribution in [3.05, 3.63) is 71.3 Å². The van der Waals surface area contributed by atoms with Crippen LogP contribution in [0.3, 0.4) is 0 Å². The van der Waals surface area contributed by atoms with Crippen LogP contribution in [0.4, 0.5) is 0 Å². The van der Waals surface area contributed by atoms with Crippen molar-refractivity contribution in [2.45, 2.75) is 44.7 Å². The van der Waals surface area contributed by atoms with Crippen LogP contribution in [-0.4, -0.2) is 6.04 Å². The summed E-state index contributed by atoms with van der Waals surface area (Å²) in [6.07, 6.45) is 2.44. The van der Waals surface area contributed by atoms with Gasteiger partial charge in [0.25, 0.3) is 0 Å². The van der Waals surface area contributed by atoms with Gasteiger partial charge in [0.2, 0.25) is 0 Å². The fourth-order valence-electron chi connectivity index (χ4n) is 3.40. The van der Waals surface area contributed by atoms with Crippen LogP contribution < -0.4 is 5.32 Å². The fraction of sp³-hybridized carbons (Fsp3) is 0.368. The molecule has 1 heteroatoms. The van der Waals surface area contributed by atoms with E-state index in [1.807, 2.05) is 0 Å². The second-order valence-corrected chi connectivity index (χ2v) is 6.04. The molecule has 0 radical (unpaired) electrons. The molecule has 1 N–H and O–H groups in total. The largest absolute Gasteiger partial charge is 0.308 e. The Kier molecular flexibility index (Phi) is 3.88. The van der Waals surface area contributed by atoms with Crippen molar-refractivity contribution < 1.29 is 0 Å². The van der Waals surface area contributed by atoms with Gasteiger partial charge in [-0.3, -0.25) is 0 Å². The van der Waals surface area contributed by atoms with Gasteiger partial charge in [0.05, 0.1) is 0 Å². The highest BCUT2D eigenvalue weighted by Gasteiger charge is 2.27. The molecule has 0 saturated heterocycles. The topological polar surface area (TPSA) is 12.0 Å². The van der Waals surface area contributed by atoms with Crippen molar-refractivity contribution in [1.82, 2.24) is 5.32 Å². The summed E-state index contributed by atoms with van der Waals surface area (Å²) in [4.78, 5) is 0. The van der Waals surface area contributed by atoms with E-state index in [9.17, 15) is 0 Å². The van der Waals surface area contributed by atoms with Gasteiger partial charge >= 0.3 is 0 Å². The molecule has 20 heavy (non-hydrogen) atoms. The maximum Gasteiger partial charge on any atom is 0.0325 e. The summed E-state index contributed by atoms with van der Waals surface area (Å²) < 4.78 is 0. The molecular formula is C19H23N. The van der Waals surface area contributed by atoms with Crippen LogP contribution >= 0.6 is 0 Å². The van der Waals surface area contributed by atoms with Crippen LogP contribution in [0.5, 0.6) is 0 Å². The number of nitrogens with one attached hydrogen (secondary N) is 1. The van der Waals surface area contributed by atoms with Crippen LogP contribution in [0.2, 0.25) is 0 Å². The van der Waals surface area contributed by atoms with Crippen molar-refractivity contribution in [1.29, 1.82) is 0 Å². The zero-order valence-electron chi connectivity index (χ0n) is 12.3. The van der Waals surface area contributed by atoms with Gasteiger partial charge in [0.1, 0.15) is 0 Å². The molecule has 0 fully saturated rings. The summed E-state index contributed by atoms with van der Waals surface area (Å²) in [6.45, 7) is 4.46. The standard InChI is InChI=1S/C19H23N/c1-14(2)20-19-13-12-16(15-8-4-3-5-9-15)17-10-6-7-11-18(17)19/h3-11,14,16,19-20H,12-13H2,1-2H3/t16-,19-/m0/s1. The molecule has 0 amide bonds. The minimum Gasteiger partial charge on any atom is -0.308 e. The van der Waals surface area contributed by atoms with Crippen molar-refractivity contribution in [3.8, 4) is 0 Å². The molecule has 0 aromatic heterocycles. The number of rotatable bonds is 3. The van der Waals surface area contributed by atoms with Gasteiger partial charge in [-0.2, -0.15) is 0 Å². The third-order valence-electron chi connectivity index (χ3n) is 4.23. The number of fused-ring (bicyclic) bond motifs is 1. The minimum absolute atomic E-state index is 0.506. The second-order valence-electron chi connectivity index (χ2n) is 6.04. The Morgan fingerprint density at radius 2 is 1.50 bits per heavy atom. The maximum absolute atomic E-state index is 3.71. The molecule has 1 aliphatic carbocycles. The molecular weight excluding hydrogens is 242 g/mol. The lowest BCUT2D eigenvalue weighted by Gasteiger charge is -2.33. The molecule has 2 atom stereocenters. The zero-order chi connectivity index (χ0) is 13.9. The van der Waals surface area contributed by atoms with Crippen molar-refractivity contribution in [2.75, 3.05) is 0 Å². The first-order valence-corrected chi connectivity index (χ1v) is 7.65. The van der Waals surface area contributed by atoms with Crippen molar-refractivity contribution in [3.63, 3.8) is 0 Å². The van der Waals surface area contributed by atoms with Gasteiger partial charge in [0.15, 0.2) is 0 Å². The van der Waals surface area contributed by atoms with E-state index in [1.165, 1.54) is 29.5 Å². The van der Waals surface area contributed by atoms with Gasteiger partial charge in [-0.25, -0.2) is 0 Å². The van der Waals surface area contributed by atoms with Crippen LogP contribution in [0.15, 0.2) is 54.6 Å².